The molecule has 0 amide bonds. The third-order valence-corrected chi connectivity index (χ3v) is 5.29. The van der Waals surface area contributed by atoms with Crippen LogP contribution in [0.2, 0.25) is 0 Å². The summed E-state index contributed by atoms with van der Waals surface area (Å²) < 4.78 is 30.5. The van der Waals surface area contributed by atoms with E-state index in [4.69, 9.17) is 4.55 Å². The molecule has 152 valence electrons. The summed E-state index contributed by atoms with van der Waals surface area (Å²) in [7, 11) is -4.09. The van der Waals surface area contributed by atoms with Crippen molar-refractivity contribution in [1.29, 1.82) is 0 Å². The van der Waals surface area contributed by atoms with Crippen LogP contribution in [0.4, 0.5) is 5.69 Å². The van der Waals surface area contributed by atoms with Crippen LogP contribution in [-0.4, -0.2) is 17.9 Å². The van der Waals surface area contributed by atoms with E-state index in [1.807, 2.05) is 54.6 Å². The van der Waals surface area contributed by atoms with Crippen LogP contribution in [0.15, 0.2) is 102 Å². The van der Waals surface area contributed by atoms with Crippen molar-refractivity contribution in [3.05, 3.63) is 118 Å². The average molecular weight is 421 g/mol. The quantitative estimate of drug-likeness (QED) is 0.275. The van der Waals surface area contributed by atoms with Gasteiger partial charge in [0, 0.05) is 18.1 Å². The van der Waals surface area contributed by atoms with Gasteiger partial charge in [-0.2, -0.15) is 8.42 Å². The number of hydrogen-bond acceptors (Lipinski definition) is 4. The molecule has 0 heterocycles. The summed E-state index contributed by atoms with van der Waals surface area (Å²) in [6, 6.07) is 28.4. The molecule has 0 saturated heterocycles. The Morgan fingerprint density at radius 3 is 2.03 bits per heavy atom. The fraction of sp³-hybridized carbons (Fsp3) is 0.0435. The number of fused-ring (bicyclic) bond motifs is 1. The highest BCUT2D eigenvalue weighted by Crippen LogP contribution is 2.21. The van der Waals surface area contributed by atoms with E-state index in [1.165, 1.54) is 18.2 Å². The van der Waals surface area contributed by atoms with Gasteiger partial charge in [-0.25, -0.2) is 0 Å². The van der Waals surface area contributed by atoms with Crippen LogP contribution in [0.5, 0.6) is 0 Å². The maximum Gasteiger partial charge on any atom is 0.294 e. The Morgan fingerprint density at radius 2 is 1.37 bits per heavy atom. The van der Waals surface area contributed by atoms with E-state index in [2.05, 4.69) is 0 Å². The van der Waals surface area contributed by atoms with E-state index in [0.29, 0.717) is 6.42 Å². The van der Waals surface area contributed by atoms with E-state index in [1.54, 1.807) is 24.3 Å². The zero-order valence-corrected chi connectivity index (χ0v) is 16.7. The first kappa shape index (κ1) is 21.2. The molecule has 0 spiro atoms. The Hall–Kier alpha value is -3.55. The predicted octanol–water partition coefficient (Wildman–Crippen LogP) is 5.27. The highest BCUT2D eigenvalue weighted by molar-refractivity contribution is 7.85. The SMILES string of the molecule is O=S(=O)(O)c1ccc2ccccc2c1.O=[N+]([O-])c1ccccc1Cc1ccccc1. The second kappa shape index (κ2) is 9.30. The predicted molar refractivity (Wildman–Crippen MR) is 116 cm³/mol. The fourth-order valence-electron chi connectivity index (χ4n) is 2.98. The monoisotopic (exact) mass is 421 g/mol. The van der Waals surface area contributed by atoms with Gasteiger partial charge in [-0.3, -0.25) is 14.7 Å². The van der Waals surface area contributed by atoms with Gasteiger partial charge in [-0.05, 0) is 28.5 Å². The summed E-state index contributed by atoms with van der Waals surface area (Å²) in [5.41, 5.74) is 2.02. The second-order valence-corrected chi connectivity index (χ2v) is 7.95. The Bertz CT molecular complexity index is 1270. The normalized spacial score (nSPS) is 10.8. The molecule has 1 N–H and O–H groups in total. The van der Waals surface area contributed by atoms with Crippen molar-refractivity contribution in [2.45, 2.75) is 11.3 Å². The molecule has 0 bridgehead atoms. The van der Waals surface area contributed by atoms with Crippen LogP contribution in [0.1, 0.15) is 11.1 Å². The molecule has 4 aromatic carbocycles. The molecule has 0 atom stereocenters. The first-order chi connectivity index (χ1) is 14.3. The summed E-state index contributed by atoms with van der Waals surface area (Å²) in [6.45, 7) is 0. The number of hydrogen-bond donors (Lipinski definition) is 1. The third-order valence-electron chi connectivity index (χ3n) is 4.44. The lowest BCUT2D eigenvalue weighted by Crippen LogP contribution is -1.97. The largest absolute Gasteiger partial charge is 0.294 e. The molecular formula is C23H19NO5S. The zero-order chi connectivity index (χ0) is 21.6. The lowest BCUT2D eigenvalue weighted by atomic mass is 10.0. The van der Waals surface area contributed by atoms with E-state index >= 15 is 0 Å². The van der Waals surface area contributed by atoms with Crippen LogP contribution in [0.25, 0.3) is 10.8 Å². The van der Waals surface area contributed by atoms with E-state index in [-0.39, 0.29) is 15.5 Å². The van der Waals surface area contributed by atoms with Gasteiger partial charge >= 0.3 is 0 Å². The summed E-state index contributed by atoms with van der Waals surface area (Å²) in [5.74, 6) is 0. The molecule has 0 fully saturated rings. The molecule has 6 nitrogen and oxygen atoms in total. The minimum atomic E-state index is -4.09. The average Bonchev–Trinajstić information content (AvgIpc) is 2.74. The van der Waals surface area contributed by atoms with Gasteiger partial charge in [0.05, 0.1) is 9.82 Å². The van der Waals surface area contributed by atoms with Crippen molar-refractivity contribution in [2.24, 2.45) is 0 Å². The molecule has 4 aromatic rings. The topological polar surface area (TPSA) is 97.5 Å². The van der Waals surface area contributed by atoms with Crippen LogP contribution in [0.3, 0.4) is 0 Å². The minimum absolute atomic E-state index is 0.0730. The van der Waals surface area contributed by atoms with Gasteiger partial charge < -0.3 is 0 Å². The molecule has 0 aliphatic heterocycles. The lowest BCUT2D eigenvalue weighted by Gasteiger charge is -2.02. The second-order valence-electron chi connectivity index (χ2n) is 6.53. The van der Waals surface area contributed by atoms with Gasteiger partial charge in [-0.15, -0.1) is 0 Å². The Kier molecular flexibility index (Phi) is 6.56. The van der Waals surface area contributed by atoms with E-state index < -0.39 is 10.1 Å². The molecule has 30 heavy (non-hydrogen) atoms. The van der Waals surface area contributed by atoms with Crippen molar-refractivity contribution >= 4 is 26.6 Å². The molecule has 0 aliphatic rings. The maximum absolute atomic E-state index is 10.8. The van der Waals surface area contributed by atoms with Gasteiger partial charge in [0.25, 0.3) is 15.8 Å². The molecular weight excluding hydrogens is 402 g/mol. The van der Waals surface area contributed by atoms with Crippen molar-refractivity contribution < 1.29 is 17.9 Å². The zero-order valence-electron chi connectivity index (χ0n) is 15.9. The third kappa shape index (κ3) is 5.50. The van der Waals surface area contributed by atoms with Crippen LogP contribution in [-0.2, 0) is 16.5 Å². The van der Waals surface area contributed by atoms with Crippen molar-refractivity contribution in [3.63, 3.8) is 0 Å². The number of para-hydroxylation sites is 1. The van der Waals surface area contributed by atoms with Crippen molar-refractivity contribution in [1.82, 2.24) is 0 Å². The van der Waals surface area contributed by atoms with Gasteiger partial charge in [0.15, 0.2) is 0 Å². The van der Waals surface area contributed by atoms with Crippen LogP contribution < -0.4 is 0 Å². The van der Waals surface area contributed by atoms with Crippen LogP contribution in [0, 0.1) is 10.1 Å². The van der Waals surface area contributed by atoms with Crippen LogP contribution >= 0.6 is 0 Å². The fourth-order valence-corrected chi connectivity index (χ4v) is 3.50. The summed E-state index contributed by atoms with van der Waals surface area (Å²) in [6.07, 6.45) is 0.595. The number of nitrogens with zero attached hydrogens (tertiary/aromatic N) is 1. The number of nitro benzene ring substituents is 1. The number of benzene rings is 4. The molecule has 0 aliphatic carbocycles. The van der Waals surface area contributed by atoms with Gasteiger partial charge in [-0.1, -0.05) is 78.9 Å². The smallest absolute Gasteiger partial charge is 0.282 e. The van der Waals surface area contributed by atoms with E-state index in [0.717, 1.165) is 21.9 Å². The van der Waals surface area contributed by atoms with Crippen molar-refractivity contribution in [3.8, 4) is 0 Å². The molecule has 0 radical (unpaired) electrons. The van der Waals surface area contributed by atoms with Gasteiger partial charge in [0.2, 0.25) is 0 Å². The Balaban J connectivity index is 0.000000172. The lowest BCUT2D eigenvalue weighted by molar-refractivity contribution is -0.385. The van der Waals surface area contributed by atoms with Gasteiger partial charge in [0.1, 0.15) is 0 Å². The van der Waals surface area contributed by atoms with Crippen molar-refractivity contribution in [2.75, 3.05) is 0 Å². The molecule has 7 heteroatoms. The first-order valence-electron chi connectivity index (χ1n) is 9.07. The summed E-state index contributed by atoms with van der Waals surface area (Å²) in [5, 5.41) is 12.6. The number of nitro groups is 1. The number of rotatable bonds is 4. The highest BCUT2D eigenvalue weighted by atomic mass is 32.2. The molecule has 0 unspecified atom stereocenters. The minimum Gasteiger partial charge on any atom is -0.282 e. The standard InChI is InChI=1S/C13H11NO2.C10H8O3S/c15-14(16)13-9-5-4-8-12(13)10-11-6-2-1-3-7-11;11-14(12,13)10-6-5-8-3-1-2-4-9(8)7-10/h1-9H,10H2;1-7H,(H,11,12,13). The summed E-state index contributed by atoms with van der Waals surface area (Å²) >= 11 is 0. The first-order valence-corrected chi connectivity index (χ1v) is 10.5. The Morgan fingerprint density at radius 1 is 0.767 bits per heavy atom. The molecule has 4 rings (SSSR count). The maximum atomic E-state index is 10.8. The summed E-state index contributed by atoms with van der Waals surface area (Å²) in [4.78, 5) is 10.4. The Labute approximate surface area is 174 Å². The van der Waals surface area contributed by atoms with E-state index in [9.17, 15) is 18.5 Å². The molecule has 0 saturated carbocycles. The molecule has 0 aromatic heterocycles. The highest BCUT2D eigenvalue weighted by Gasteiger charge is 2.12.